The molecule has 2 rings (SSSR count). The second-order valence-corrected chi connectivity index (χ2v) is 5.74. The average molecular weight is 344 g/mol. The second-order valence-electron chi connectivity index (χ2n) is 4.89. The van der Waals surface area contributed by atoms with Crippen molar-refractivity contribution in [3.63, 3.8) is 0 Å². The number of benzene rings is 2. The Hall–Kier alpha value is -1.83. The largest absolute Gasteiger partial charge is 0.340 e. The molecule has 0 saturated carbocycles. The molecule has 108 valence electrons. The summed E-state index contributed by atoms with van der Waals surface area (Å²) in [6.07, 6.45) is 0.474. The van der Waals surface area contributed by atoms with Gasteiger partial charge in [-0.25, -0.2) is 0 Å². The van der Waals surface area contributed by atoms with Crippen LogP contribution in [0.4, 0.5) is 11.4 Å². The Balaban J connectivity index is 2.38. The van der Waals surface area contributed by atoms with Crippen molar-refractivity contribution in [2.45, 2.75) is 19.4 Å². The molecule has 0 unspecified atom stereocenters. The summed E-state index contributed by atoms with van der Waals surface area (Å²) >= 11 is 3.59. The van der Waals surface area contributed by atoms with E-state index in [4.69, 9.17) is 11.0 Å². The van der Waals surface area contributed by atoms with Gasteiger partial charge in [-0.1, -0.05) is 40.2 Å². The summed E-state index contributed by atoms with van der Waals surface area (Å²) in [6.45, 7) is 2.62. The van der Waals surface area contributed by atoms with Crippen molar-refractivity contribution in [1.82, 2.24) is 0 Å². The first kappa shape index (κ1) is 15.6. The lowest BCUT2D eigenvalue weighted by molar-refractivity contribution is 0.812. The van der Waals surface area contributed by atoms with Crippen molar-refractivity contribution in [3.8, 4) is 6.07 Å². The van der Waals surface area contributed by atoms with Crippen molar-refractivity contribution in [2.75, 3.05) is 11.4 Å². The number of nitrogens with zero attached hydrogens (tertiary/aromatic N) is 2. The van der Waals surface area contributed by atoms with Crippen LogP contribution in [0.2, 0.25) is 0 Å². The Labute approximate surface area is 134 Å². The zero-order valence-corrected chi connectivity index (χ0v) is 13.5. The van der Waals surface area contributed by atoms with Crippen molar-refractivity contribution < 1.29 is 0 Å². The zero-order valence-electron chi connectivity index (χ0n) is 12.0. The molecule has 0 spiro atoms. The minimum absolute atomic E-state index is 0.0160. The van der Waals surface area contributed by atoms with E-state index in [1.54, 1.807) is 0 Å². The van der Waals surface area contributed by atoms with Gasteiger partial charge in [0.25, 0.3) is 0 Å². The van der Waals surface area contributed by atoms with Gasteiger partial charge in [0, 0.05) is 28.4 Å². The summed E-state index contributed by atoms with van der Waals surface area (Å²) in [5.74, 6) is 0. The van der Waals surface area contributed by atoms with E-state index < -0.39 is 0 Å². The first-order valence-corrected chi connectivity index (χ1v) is 7.67. The lowest BCUT2D eigenvalue weighted by Gasteiger charge is -2.25. The molecule has 2 aromatic rings. The number of nitriles is 1. The van der Waals surface area contributed by atoms with Crippen LogP contribution in [0.3, 0.4) is 0 Å². The number of hydrogen-bond donors (Lipinski definition) is 1. The maximum absolute atomic E-state index is 8.88. The zero-order chi connectivity index (χ0) is 15.2. The normalized spacial score (nSPS) is 11.7. The van der Waals surface area contributed by atoms with Crippen LogP contribution in [0, 0.1) is 11.3 Å². The van der Waals surface area contributed by atoms with Gasteiger partial charge in [-0.3, -0.25) is 0 Å². The van der Waals surface area contributed by atoms with Crippen LogP contribution in [-0.4, -0.2) is 6.54 Å². The Morgan fingerprint density at radius 2 is 1.90 bits per heavy atom. The molecule has 4 heteroatoms. The molecule has 21 heavy (non-hydrogen) atoms. The number of rotatable bonds is 5. The lowest BCUT2D eigenvalue weighted by atomic mass is 10.1. The Bertz CT molecular complexity index is 632. The van der Waals surface area contributed by atoms with Gasteiger partial charge in [0.15, 0.2) is 0 Å². The molecule has 2 aromatic carbocycles. The summed E-state index contributed by atoms with van der Waals surface area (Å²) in [6, 6.07) is 18.4. The van der Waals surface area contributed by atoms with Gasteiger partial charge in [-0.05, 0) is 36.8 Å². The number of halogens is 1. The van der Waals surface area contributed by atoms with E-state index in [0.29, 0.717) is 13.0 Å². The van der Waals surface area contributed by atoms with E-state index in [9.17, 15) is 0 Å². The first-order valence-electron chi connectivity index (χ1n) is 6.88. The Morgan fingerprint density at radius 1 is 1.19 bits per heavy atom. The number of para-hydroxylation sites is 1. The maximum Gasteiger partial charge on any atom is 0.0640 e. The smallest absolute Gasteiger partial charge is 0.0640 e. The molecule has 0 heterocycles. The van der Waals surface area contributed by atoms with Crippen LogP contribution >= 0.6 is 15.9 Å². The highest BCUT2D eigenvalue weighted by Crippen LogP contribution is 2.31. The fourth-order valence-electron chi connectivity index (χ4n) is 2.23. The van der Waals surface area contributed by atoms with Crippen LogP contribution in [0.1, 0.15) is 24.9 Å². The first-order chi connectivity index (χ1) is 10.1. The highest BCUT2D eigenvalue weighted by molar-refractivity contribution is 9.10. The van der Waals surface area contributed by atoms with Crippen LogP contribution in [0.25, 0.3) is 0 Å². The van der Waals surface area contributed by atoms with Crippen LogP contribution in [0.15, 0.2) is 53.0 Å². The summed E-state index contributed by atoms with van der Waals surface area (Å²) < 4.78 is 0.993. The summed E-state index contributed by atoms with van der Waals surface area (Å²) in [7, 11) is 0. The minimum Gasteiger partial charge on any atom is -0.340 e. The predicted octanol–water partition coefficient (Wildman–Crippen LogP) is 4.52. The van der Waals surface area contributed by atoms with Crippen LogP contribution in [-0.2, 0) is 0 Å². The SMILES string of the molecule is C[C@H](N)c1ccc(N(CCC#N)c2ccccc2)cc1Br. The fraction of sp³-hybridized carbons (Fsp3) is 0.235. The fourth-order valence-corrected chi connectivity index (χ4v) is 2.96. The third-order valence-corrected chi connectivity index (χ3v) is 3.99. The summed E-state index contributed by atoms with van der Waals surface area (Å²) in [5.41, 5.74) is 9.15. The van der Waals surface area contributed by atoms with E-state index in [2.05, 4.69) is 33.0 Å². The molecule has 0 saturated heterocycles. The van der Waals surface area contributed by atoms with E-state index in [1.165, 1.54) is 0 Å². The molecule has 0 amide bonds. The van der Waals surface area contributed by atoms with Gasteiger partial charge >= 0.3 is 0 Å². The molecule has 1 atom stereocenters. The monoisotopic (exact) mass is 343 g/mol. The van der Waals surface area contributed by atoms with Gasteiger partial charge in [0.05, 0.1) is 12.5 Å². The molecule has 0 aromatic heterocycles. The molecule has 0 radical (unpaired) electrons. The molecule has 0 aliphatic rings. The second kappa shape index (κ2) is 7.26. The Kier molecular flexibility index (Phi) is 5.38. The molecule has 0 aliphatic carbocycles. The molecule has 0 bridgehead atoms. The molecule has 2 N–H and O–H groups in total. The van der Waals surface area contributed by atoms with E-state index >= 15 is 0 Å². The van der Waals surface area contributed by atoms with Crippen molar-refractivity contribution in [3.05, 3.63) is 58.6 Å². The van der Waals surface area contributed by atoms with Crippen molar-refractivity contribution >= 4 is 27.3 Å². The van der Waals surface area contributed by atoms with Gasteiger partial charge in [-0.2, -0.15) is 5.26 Å². The Morgan fingerprint density at radius 3 is 2.48 bits per heavy atom. The van der Waals surface area contributed by atoms with Gasteiger partial charge in [0.2, 0.25) is 0 Å². The highest BCUT2D eigenvalue weighted by Gasteiger charge is 2.12. The van der Waals surface area contributed by atoms with E-state index in [1.807, 2.05) is 49.4 Å². The highest BCUT2D eigenvalue weighted by atomic mass is 79.9. The van der Waals surface area contributed by atoms with E-state index in [-0.39, 0.29) is 6.04 Å². The van der Waals surface area contributed by atoms with Crippen molar-refractivity contribution in [1.29, 1.82) is 5.26 Å². The maximum atomic E-state index is 8.88. The molecule has 3 nitrogen and oxygen atoms in total. The van der Waals surface area contributed by atoms with Gasteiger partial charge < -0.3 is 10.6 Å². The minimum atomic E-state index is -0.0160. The van der Waals surface area contributed by atoms with Crippen LogP contribution in [0.5, 0.6) is 0 Å². The molecular weight excluding hydrogens is 326 g/mol. The van der Waals surface area contributed by atoms with Crippen molar-refractivity contribution in [2.24, 2.45) is 5.73 Å². The van der Waals surface area contributed by atoms with E-state index in [0.717, 1.165) is 21.4 Å². The third-order valence-electron chi connectivity index (χ3n) is 3.30. The molecular formula is C17H18BrN3. The summed E-state index contributed by atoms with van der Waals surface area (Å²) in [4.78, 5) is 2.14. The number of anilines is 2. The number of hydrogen-bond acceptors (Lipinski definition) is 3. The standard InChI is InChI=1S/C17H18BrN3/c1-13(20)16-9-8-15(12-17(16)18)21(11-5-10-19)14-6-3-2-4-7-14/h2-4,6-9,12-13H,5,11,20H2,1H3/t13-/m0/s1. The topological polar surface area (TPSA) is 53.0 Å². The predicted molar refractivity (Wildman–Crippen MR) is 90.4 cm³/mol. The lowest BCUT2D eigenvalue weighted by Crippen LogP contribution is -2.18. The summed E-state index contributed by atoms with van der Waals surface area (Å²) in [5, 5.41) is 8.88. The molecule has 0 fully saturated rings. The third kappa shape index (κ3) is 3.84. The average Bonchev–Trinajstić information content (AvgIpc) is 2.48. The van der Waals surface area contributed by atoms with Crippen LogP contribution < -0.4 is 10.6 Å². The van der Waals surface area contributed by atoms with Gasteiger partial charge in [0.1, 0.15) is 0 Å². The number of nitrogens with two attached hydrogens (primary N) is 1. The molecule has 0 aliphatic heterocycles. The quantitative estimate of drug-likeness (QED) is 0.868. The van der Waals surface area contributed by atoms with Gasteiger partial charge in [-0.15, -0.1) is 0 Å².